The highest BCUT2D eigenvalue weighted by Crippen LogP contribution is 2.28. The summed E-state index contributed by atoms with van der Waals surface area (Å²) in [6.07, 6.45) is -0.695. The van der Waals surface area contributed by atoms with Crippen LogP contribution in [-0.2, 0) is 19.1 Å². The third-order valence-electron chi connectivity index (χ3n) is 2.80. The lowest BCUT2D eigenvalue weighted by Gasteiger charge is -2.14. The number of amides is 2. The predicted molar refractivity (Wildman–Crippen MR) is 79.1 cm³/mol. The number of hydrogen-bond acceptors (Lipinski definition) is 7. The van der Waals surface area contributed by atoms with E-state index < -0.39 is 23.0 Å². The van der Waals surface area contributed by atoms with E-state index >= 15 is 0 Å². The summed E-state index contributed by atoms with van der Waals surface area (Å²) in [5, 5.41) is 15.3. The minimum atomic E-state index is -1.00. The average molecular weight is 327 g/mol. The summed E-state index contributed by atoms with van der Waals surface area (Å²) < 4.78 is 14.7. The van der Waals surface area contributed by atoms with Crippen molar-refractivity contribution in [3.8, 4) is 5.75 Å². The number of nitro groups is 1. The number of nitrogens with one attached hydrogen (secondary N) is 2. The molecule has 1 aromatic carbocycles. The number of rotatable bonds is 7. The molecule has 0 unspecified atom stereocenters. The Morgan fingerprint density at radius 3 is 2.39 bits per heavy atom. The fourth-order valence-corrected chi connectivity index (χ4v) is 1.61. The number of hydrogen-bond donors (Lipinski definition) is 2. The van der Waals surface area contributed by atoms with E-state index in [4.69, 9.17) is 14.2 Å². The van der Waals surface area contributed by atoms with Crippen LogP contribution in [0.25, 0.3) is 0 Å². The first kappa shape index (κ1) is 18.3. The van der Waals surface area contributed by atoms with Gasteiger partial charge >= 0.3 is 11.8 Å². The van der Waals surface area contributed by atoms with E-state index in [-0.39, 0.29) is 23.7 Å². The van der Waals surface area contributed by atoms with Crippen molar-refractivity contribution in [3.05, 3.63) is 28.3 Å². The van der Waals surface area contributed by atoms with Crippen LogP contribution in [0, 0.1) is 10.1 Å². The van der Waals surface area contributed by atoms with Gasteiger partial charge in [0, 0.05) is 26.4 Å². The van der Waals surface area contributed by atoms with Gasteiger partial charge in [-0.25, -0.2) is 0 Å². The van der Waals surface area contributed by atoms with Gasteiger partial charge in [-0.3, -0.25) is 19.7 Å². The lowest BCUT2D eigenvalue weighted by atomic mass is 10.2. The highest BCUT2D eigenvalue weighted by molar-refractivity contribution is 6.39. The molecular weight excluding hydrogens is 310 g/mol. The molecule has 0 bridgehead atoms. The first-order valence-electron chi connectivity index (χ1n) is 6.40. The van der Waals surface area contributed by atoms with Gasteiger partial charge in [-0.05, 0) is 6.07 Å². The van der Waals surface area contributed by atoms with Gasteiger partial charge in [-0.15, -0.1) is 0 Å². The topological polar surface area (TPSA) is 129 Å². The van der Waals surface area contributed by atoms with Gasteiger partial charge in [0.15, 0.2) is 6.29 Å². The predicted octanol–water partition coefficient (Wildman–Crippen LogP) is 0.277. The van der Waals surface area contributed by atoms with Crippen molar-refractivity contribution in [1.29, 1.82) is 0 Å². The molecule has 0 aliphatic heterocycles. The molecule has 2 amide bonds. The molecule has 0 aromatic heterocycles. The smallest absolute Gasteiger partial charge is 0.313 e. The number of carbonyl (C=O) groups is 2. The second-order valence-corrected chi connectivity index (χ2v) is 4.21. The Hall–Kier alpha value is -2.72. The number of nitrogens with zero attached hydrogens (tertiary/aromatic N) is 1. The van der Waals surface area contributed by atoms with Gasteiger partial charge in [-0.2, -0.15) is 0 Å². The van der Waals surface area contributed by atoms with Crippen LogP contribution in [-0.4, -0.2) is 50.9 Å². The van der Waals surface area contributed by atoms with Crippen LogP contribution >= 0.6 is 0 Å². The SMILES string of the molecule is COc1ccc([N+](=O)[O-])cc1NC(=O)C(=O)NCC(OC)OC. The Morgan fingerprint density at radius 2 is 1.87 bits per heavy atom. The summed E-state index contributed by atoms with van der Waals surface area (Å²) in [5.74, 6) is -1.77. The first-order chi connectivity index (χ1) is 10.9. The van der Waals surface area contributed by atoms with Gasteiger partial charge in [0.1, 0.15) is 5.75 Å². The number of nitro benzene ring substituents is 1. The lowest BCUT2D eigenvalue weighted by molar-refractivity contribution is -0.384. The van der Waals surface area contributed by atoms with Crippen molar-refractivity contribution >= 4 is 23.2 Å². The molecule has 0 saturated heterocycles. The van der Waals surface area contributed by atoms with Crippen molar-refractivity contribution in [2.24, 2.45) is 0 Å². The largest absolute Gasteiger partial charge is 0.495 e. The second-order valence-electron chi connectivity index (χ2n) is 4.21. The van der Waals surface area contributed by atoms with Gasteiger partial charge in [0.2, 0.25) is 0 Å². The molecule has 10 nitrogen and oxygen atoms in total. The average Bonchev–Trinajstić information content (AvgIpc) is 2.55. The fourth-order valence-electron chi connectivity index (χ4n) is 1.61. The van der Waals surface area contributed by atoms with Gasteiger partial charge in [0.05, 0.1) is 24.3 Å². The van der Waals surface area contributed by atoms with E-state index in [2.05, 4.69) is 10.6 Å². The van der Waals surface area contributed by atoms with Gasteiger partial charge in [-0.1, -0.05) is 0 Å². The minimum absolute atomic E-state index is 0.0110. The third-order valence-corrected chi connectivity index (χ3v) is 2.80. The van der Waals surface area contributed by atoms with E-state index in [1.165, 1.54) is 33.5 Å². The Balaban J connectivity index is 2.77. The number of anilines is 1. The summed E-state index contributed by atoms with van der Waals surface area (Å²) in [6, 6.07) is 3.63. The van der Waals surface area contributed by atoms with Crippen LogP contribution in [0.5, 0.6) is 5.75 Å². The lowest BCUT2D eigenvalue weighted by Crippen LogP contribution is -2.40. The van der Waals surface area contributed by atoms with Crippen LogP contribution in [0.1, 0.15) is 0 Å². The van der Waals surface area contributed by atoms with Crippen molar-refractivity contribution in [1.82, 2.24) is 5.32 Å². The molecule has 0 radical (unpaired) electrons. The molecule has 1 rings (SSSR count). The quantitative estimate of drug-likeness (QED) is 0.318. The summed E-state index contributed by atoms with van der Waals surface area (Å²) >= 11 is 0. The molecule has 126 valence electrons. The molecule has 2 N–H and O–H groups in total. The molecule has 0 spiro atoms. The molecule has 0 aliphatic rings. The van der Waals surface area contributed by atoms with Gasteiger partial charge < -0.3 is 24.8 Å². The van der Waals surface area contributed by atoms with Crippen LogP contribution < -0.4 is 15.4 Å². The monoisotopic (exact) mass is 327 g/mol. The zero-order valence-corrected chi connectivity index (χ0v) is 12.8. The summed E-state index contributed by atoms with van der Waals surface area (Å²) in [5.41, 5.74) is -0.239. The molecule has 0 aliphatic carbocycles. The van der Waals surface area contributed by atoms with Crippen LogP contribution in [0.3, 0.4) is 0 Å². The van der Waals surface area contributed by atoms with E-state index in [0.29, 0.717) is 0 Å². The normalized spacial score (nSPS) is 10.3. The summed E-state index contributed by atoms with van der Waals surface area (Å²) in [7, 11) is 4.10. The Morgan fingerprint density at radius 1 is 1.22 bits per heavy atom. The maximum Gasteiger partial charge on any atom is 0.313 e. The van der Waals surface area contributed by atoms with Crippen LogP contribution in [0.2, 0.25) is 0 Å². The van der Waals surface area contributed by atoms with Crippen molar-refractivity contribution in [2.45, 2.75) is 6.29 Å². The first-order valence-corrected chi connectivity index (χ1v) is 6.40. The zero-order valence-electron chi connectivity index (χ0n) is 12.8. The van der Waals surface area contributed by atoms with Crippen LogP contribution in [0.15, 0.2) is 18.2 Å². The molecule has 0 heterocycles. The molecular formula is C13H17N3O7. The number of non-ortho nitro benzene ring substituents is 1. The minimum Gasteiger partial charge on any atom is -0.495 e. The molecule has 0 atom stereocenters. The fraction of sp³-hybridized carbons (Fsp3) is 0.385. The van der Waals surface area contributed by atoms with E-state index in [1.54, 1.807) is 0 Å². The highest BCUT2D eigenvalue weighted by Gasteiger charge is 2.19. The molecule has 0 fully saturated rings. The van der Waals surface area contributed by atoms with Crippen molar-refractivity contribution in [3.63, 3.8) is 0 Å². The Labute approximate surface area is 131 Å². The van der Waals surface area contributed by atoms with Gasteiger partial charge in [0.25, 0.3) is 5.69 Å². The summed E-state index contributed by atoms with van der Waals surface area (Å²) in [6.45, 7) is -0.0364. The van der Waals surface area contributed by atoms with E-state index in [9.17, 15) is 19.7 Å². The van der Waals surface area contributed by atoms with E-state index in [1.807, 2.05) is 0 Å². The third kappa shape index (κ3) is 5.20. The highest BCUT2D eigenvalue weighted by atomic mass is 16.7. The van der Waals surface area contributed by atoms with Crippen molar-refractivity contribution in [2.75, 3.05) is 33.2 Å². The number of methoxy groups -OCH3 is 3. The number of benzene rings is 1. The van der Waals surface area contributed by atoms with Crippen LogP contribution in [0.4, 0.5) is 11.4 Å². The molecule has 23 heavy (non-hydrogen) atoms. The number of carbonyl (C=O) groups excluding carboxylic acids is 2. The summed E-state index contributed by atoms with van der Waals surface area (Å²) in [4.78, 5) is 33.6. The Kier molecular flexibility index (Phi) is 6.90. The molecule has 10 heteroatoms. The second kappa shape index (κ2) is 8.66. The molecule has 0 saturated carbocycles. The molecule has 1 aromatic rings. The van der Waals surface area contributed by atoms with Crippen molar-refractivity contribution < 1.29 is 28.7 Å². The van der Waals surface area contributed by atoms with E-state index in [0.717, 1.165) is 6.07 Å². The number of ether oxygens (including phenoxy) is 3. The Bertz CT molecular complexity index is 587. The maximum atomic E-state index is 11.8. The maximum absolute atomic E-state index is 11.8. The zero-order chi connectivity index (χ0) is 17.4. The standard InChI is InChI=1S/C13H17N3O7/c1-21-10-5-4-8(16(19)20)6-9(10)15-13(18)12(17)14-7-11(22-2)23-3/h4-6,11H,7H2,1-3H3,(H,14,17)(H,15,18).